The number of thioether (sulfide) groups is 1. The van der Waals surface area contributed by atoms with Crippen LogP contribution in [0.4, 0.5) is 0 Å². The van der Waals surface area contributed by atoms with E-state index in [1.807, 2.05) is 0 Å². The van der Waals surface area contributed by atoms with Crippen LogP contribution >= 0.6 is 11.8 Å². The summed E-state index contributed by atoms with van der Waals surface area (Å²) < 4.78 is 5.50. The topological polar surface area (TPSA) is 38.5 Å². The highest BCUT2D eigenvalue weighted by Gasteiger charge is 2.38. The molecule has 4 heteroatoms. The van der Waals surface area contributed by atoms with Crippen molar-refractivity contribution in [3.05, 3.63) is 0 Å². The van der Waals surface area contributed by atoms with Crippen LogP contribution in [-0.2, 0) is 4.74 Å². The van der Waals surface area contributed by atoms with Crippen LogP contribution in [-0.4, -0.2) is 54.3 Å². The van der Waals surface area contributed by atoms with Crippen LogP contribution in [0.1, 0.15) is 27.2 Å². The molecule has 3 nitrogen and oxygen atoms in total. The summed E-state index contributed by atoms with van der Waals surface area (Å²) in [7, 11) is 1.77. The van der Waals surface area contributed by atoms with E-state index >= 15 is 0 Å². The Kier molecular flexibility index (Phi) is 5.57. The standard InChI is InChI=1S/C12H26N2OS/c1-5-11-8-14(6-7-16-11)12(3,9-13)10(2)15-4/h10-11H,5-9,13H2,1-4H3. The first-order chi connectivity index (χ1) is 7.58. The lowest BCUT2D eigenvalue weighted by Gasteiger charge is -2.47. The third kappa shape index (κ3) is 2.92. The van der Waals surface area contributed by atoms with E-state index < -0.39 is 0 Å². The zero-order chi connectivity index (χ0) is 12.2. The van der Waals surface area contributed by atoms with Gasteiger partial charge in [-0.2, -0.15) is 11.8 Å². The lowest BCUT2D eigenvalue weighted by atomic mass is 9.92. The van der Waals surface area contributed by atoms with Crippen molar-refractivity contribution in [1.29, 1.82) is 0 Å². The predicted octanol–water partition coefficient (Wildman–Crippen LogP) is 1.57. The molecule has 0 aromatic heterocycles. The smallest absolute Gasteiger partial charge is 0.0736 e. The highest BCUT2D eigenvalue weighted by molar-refractivity contribution is 8.00. The number of ether oxygens (including phenoxy) is 1. The van der Waals surface area contributed by atoms with Gasteiger partial charge in [0.15, 0.2) is 0 Å². The number of nitrogens with two attached hydrogens (primary N) is 1. The average Bonchev–Trinajstić information content (AvgIpc) is 2.36. The molecule has 1 heterocycles. The molecule has 0 bridgehead atoms. The van der Waals surface area contributed by atoms with Crippen molar-refractivity contribution in [3.8, 4) is 0 Å². The SMILES string of the molecule is CCC1CN(C(C)(CN)C(C)OC)CCS1. The number of hydrogen-bond donors (Lipinski definition) is 1. The minimum absolute atomic E-state index is 0.0247. The second-order valence-electron chi connectivity index (χ2n) is 4.79. The molecule has 1 rings (SSSR count). The predicted molar refractivity (Wildman–Crippen MR) is 72.0 cm³/mol. The Morgan fingerprint density at radius 3 is 2.81 bits per heavy atom. The Morgan fingerprint density at radius 2 is 2.31 bits per heavy atom. The molecule has 1 aliphatic rings. The highest BCUT2D eigenvalue weighted by atomic mass is 32.2. The first-order valence-corrected chi connectivity index (χ1v) is 7.22. The van der Waals surface area contributed by atoms with E-state index in [9.17, 15) is 0 Å². The Balaban J connectivity index is 2.71. The van der Waals surface area contributed by atoms with Gasteiger partial charge in [-0.15, -0.1) is 0 Å². The molecule has 2 N–H and O–H groups in total. The lowest BCUT2D eigenvalue weighted by Crippen LogP contribution is -2.61. The molecule has 3 unspecified atom stereocenters. The summed E-state index contributed by atoms with van der Waals surface area (Å²) in [4.78, 5) is 2.52. The number of nitrogens with zero attached hydrogens (tertiary/aromatic N) is 1. The minimum atomic E-state index is -0.0247. The summed E-state index contributed by atoms with van der Waals surface area (Å²) in [6.07, 6.45) is 1.42. The summed E-state index contributed by atoms with van der Waals surface area (Å²) in [5.41, 5.74) is 5.95. The second-order valence-corrected chi connectivity index (χ2v) is 6.19. The van der Waals surface area contributed by atoms with Crippen LogP contribution in [0.5, 0.6) is 0 Å². The average molecular weight is 246 g/mol. The van der Waals surface area contributed by atoms with Gasteiger partial charge in [0.2, 0.25) is 0 Å². The molecular weight excluding hydrogens is 220 g/mol. The third-order valence-corrected chi connectivity index (χ3v) is 5.33. The molecule has 0 aromatic rings. The number of rotatable bonds is 5. The van der Waals surface area contributed by atoms with Crippen molar-refractivity contribution >= 4 is 11.8 Å². The van der Waals surface area contributed by atoms with E-state index in [0.29, 0.717) is 6.54 Å². The summed E-state index contributed by atoms with van der Waals surface area (Å²) >= 11 is 2.09. The third-order valence-electron chi connectivity index (χ3n) is 3.96. The molecule has 1 aliphatic heterocycles. The quantitative estimate of drug-likeness (QED) is 0.799. The van der Waals surface area contributed by atoms with Crippen LogP contribution in [0.25, 0.3) is 0 Å². The fraction of sp³-hybridized carbons (Fsp3) is 1.00. The van der Waals surface area contributed by atoms with E-state index in [4.69, 9.17) is 10.5 Å². The van der Waals surface area contributed by atoms with Crippen molar-refractivity contribution in [3.63, 3.8) is 0 Å². The van der Waals surface area contributed by atoms with Crippen LogP contribution in [0.2, 0.25) is 0 Å². The molecular formula is C12H26N2OS. The van der Waals surface area contributed by atoms with Gasteiger partial charge in [-0.3, -0.25) is 4.90 Å². The molecule has 0 aromatic carbocycles. The van der Waals surface area contributed by atoms with E-state index in [1.54, 1.807) is 7.11 Å². The van der Waals surface area contributed by atoms with Crippen molar-refractivity contribution in [2.45, 2.75) is 44.1 Å². The summed E-state index contributed by atoms with van der Waals surface area (Å²) in [5, 5.41) is 0.753. The molecule has 96 valence electrons. The van der Waals surface area contributed by atoms with Crippen LogP contribution in [0.15, 0.2) is 0 Å². The monoisotopic (exact) mass is 246 g/mol. The van der Waals surface area contributed by atoms with E-state index in [1.165, 1.54) is 12.2 Å². The van der Waals surface area contributed by atoms with Gasteiger partial charge in [0.1, 0.15) is 0 Å². The Labute approximate surface area is 104 Å². The zero-order valence-corrected chi connectivity index (χ0v) is 11.8. The molecule has 0 amide bonds. The number of methoxy groups -OCH3 is 1. The van der Waals surface area contributed by atoms with Crippen LogP contribution < -0.4 is 5.73 Å². The largest absolute Gasteiger partial charge is 0.380 e. The van der Waals surface area contributed by atoms with Crippen molar-refractivity contribution < 1.29 is 4.74 Å². The van der Waals surface area contributed by atoms with E-state index in [0.717, 1.165) is 18.3 Å². The molecule has 1 fully saturated rings. The first-order valence-electron chi connectivity index (χ1n) is 6.18. The van der Waals surface area contributed by atoms with Crippen molar-refractivity contribution in [1.82, 2.24) is 4.90 Å². The van der Waals surface area contributed by atoms with E-state index in [2.05, 4.69) is 37.4 Å². The van der Waals surface area contributed by atoms with Gasteiger partial charge >= 0.3 is 0 Å². The maximum absolute atomic E-state index is 5.97. The lowest BCUT2D eigenvalue weighted by molar-refractivity contribution is -0.0298. The zero-order valence-electron chi connectivity index (χ0n) is 11.0. The Bertz CT molecular complexity index is 215. The van der Waals surface area contributed by atoms with Gasteiger partial charge in [0, 0.05) is 37.7 Å². The second kappa shape index (κ2) is 6.24. The normalized spacial score (nSPS) is 28.7. The van der Waals surface area contributed by atoms with Crippen LogP contribution in [0, 0.1) is 0 Å². The molecule has 16 heavy (non-hydrogen) atoms. The summed E-state index contributed by atoms with van der Waals surface area (Å²) in [5.74, 6) is 1.21. The van der Waals surface area contributed by atoms with Gasteiger partial charge in [-0.1, -0.05) is 6.92 Å². The van der Waals surface area contributed by atoms with E-state index in [-0.39, 0.29) is 11.6 Å². The van der Waals surface area contributed by atoms with Gasteiger partial charge in [0.25, 0.3) is 0 Å². The van der Waals surface area contributed by atoms with Gasteiger partial charge in [0.05, 0.1) is 11.6 Å². The maximum Gasteiger partial charge on any atom is 0.0736 e. The minimum Gasteiger partial charge on any atom is -0.380 e. The Morgan fingerprint density at radius 1 is 1.62 bits per heavy atom. The molecule has 0 radical (unpaired) electrons. The fourth-order valence-corrected chi connectivity index (χ4v) is 3.42. The van der Waals surface area contributed by atoms with Gasteiger partial charge in [-0.05, 0) is 20.3 Å². The van der Waals surface area contributed by atoms with Gasteiger partial charge < -0.3 is 10.5 Å². The van der Waals surface area contributed by atoms with Gasteiger partial charge in [-0.25, -0.2) is 0 Å². The summed E-state index contributed by atoms with van der Waals surface area (Å²) in [6, 6.07) is 0. The maximum atomic E-state index is 5.97. The summed E-state index contributed by atoms with van der Waals surface area (Å²) in [6.45, 7) is 9.54. The molecule has 0 aliphatic carbocycles. The van der Waals surface area contributed by atoms with Crippen LogP contribution in [0.3, 0.4) is 0 Å². The molecule has 3 atom stereocenters. The first kappa shape index (κ1) is 14.3. The molecule has 0 spiro atoms. The number of hydrogen-bond acceptors (Lipinski definition) is 4. The van der Waals surface area contributed by atoms with Crippen molar-refractivity contribution in [2.24, 2.45) is 5.73 Å². The van der Waals surface area contributed by atoms with Crippen molar-refractivity contribution in [2.75, 3.05) is 32.5 Å². The molecule has 0 saturated carbocycles. The fourth-order valence-electron chi connectivity index (χ4n) is 2.24. The Hall–Kier alpha value is 0.230. The molecule has 1 saturated heterocycles. The highest BCUT2D eigenvalue weighted by Crippen LogP contribution is 2.29.